The molecule has 2 aromatic heterocycles. The molecule has 0 spiro atoms. The number of carbonyl (C=O) groups excluding carboxylic acids is 1. The minimum absolute atomic E-state index is 0.302. The number of carbonyl (C=O) groups is 1. The monoisotopic (exact) mass is 408 g/mol. The Morgan fingerprint density at radius 2 is 1.93 bits per heavy atom. The van der Waals surface area contributed by atoms with Crippen LogP contribution in [0.2, 0.25) is 0 Å². The number of rotatable bonds is 7. The zero-order valence-electron chi connectivity index (χ0n) is 17.8. The summed E-state index contributed by atoms with van der Waals surface area (Å²) in [6, 6.07) is 6.24. The molecule has 0 unspecified atom stereocenters. The van der Waals surface area contributed by atoms with Crippen molar-refractivity contribution in [2.75, 3.05) is 31.5 Å². The Hall–Kier alpha value is -2.54. The van der Waals surface area contributed by atoms with Gasteiger partial charge in [-0.05, 0) is 64.3 Å². The third kappa shape index (κ3) is 5.33. The van der Waals surface area contributed by atoms with Gasteiger partial charge in [0.15, 0.2) is 0 Å². The molecule has 7 heteroatoms. The van der Waals surface area contributed by atoms with Crippen molar-refractivity contribution in [1.82, 2.24) is 24.8 Å². The van der Waals surface area contributed by atoms with Gasteiger partial charge in [-0.2, -0.15) is 0 Å². The van der Waals surface area contributed by atoms with Gasteiger partial charge in [0.1, 0.15) is 11.6 Å². The Morgan fingerprint density at radius 1 is 1.13 bits per heavy atom. The highest BCUT2D eigenvalue weighted by Gasteiger charge is 2.26. The Morgan fingerprint density at radius 3 is 2.67 bits per heavy atom. The zero-order valence-corrected chi connectivity index (χ0v) is 17.8. The van der Waals surface area contributed by atoms with Crippen LogP contribution in [0.3, 0.4) is 0 Å². The summed E-state index contributed by atoms with van der Waals surface area (Å²) in [5.74, 6) is 2.11. The van der Waals surface area contributed by atoms with Gasteiger partial charge < -0.3 is 15.1 Å². The van der Waals surface area contributed by atoms with E-state index in [1.165, 1.54) is 25.9 Å². The standard InChI is InChI=1S/C23H32N6O/c1-18(28-12-4-5-13-28)7-8-23(30)29-14-9-19(10-15-29)20-16-24-17-22(26-20)27-21-6-2-3-11-25-21/h2-3,6,11,16-19H,4-5,7-10,12-15H2,1H3,(H,25,26,27)/t18-/m0/s1. The molecular weight excluding hydrogens is 376 g/mol. The molecule has 160 valence electrons. The van der Waals surface area contributed by atoms with Crippen molar-refractivity contribution in [1.29, 1.82) is 0 Å². The Labute approximate surface area is 178 Å². The Balaban J connectivity index is 1.26. The normalized spacial score (nSPS) is 19.0. The summed E-state index contributed by atoms with van der Waals surface area (Å²) in [5.41, 5.74) is 0.991. The minimum atomic E-state index is 0.302. The molecule has 2 saturated heterocycles. The molecule has 2 fully saturated rings. The molecule has 0 saturated carbocycles. The van der Waals surface area contributed by atoms with Crippen LogP contribution in [0.4, 0.5) is 11.6 Å². The smallest absolute Gasteiger partial charge is 0.222 e. The lowest BCUT2D eigenvalue weighted by Gasteiger charge is -2.32. The van der Waals surface area contributed by atoms with E-state index in [0.717, 1.165) is 43.9 Å². The van der Waals surface area contributed by atoms with E-state index in [9.17, 15) is 4.79 Å². The number of aromatic nitrogens is 3. The third-order valence-corrected chi connectivity index (χ3v) is 6.38. The SMILES string of the molecule is C[C@@H](CCC(=O)N1CCC(c2cncc(Nc3ccccn3)n2)CC1)N1CCCC1. The second-order valence-corrected chi connectivity index (χ2v) is 8.45. The van der Waals surface area contributed by atoms with Crippen molar-refractivity contribution in [3.05, 3.63) is 42.5 Å². The van der Waals surface area contributed by atoms with Gasteiger partial charge in [0.05, 0.1) is 11.9 Å². The van der Waals surface area contributed by atoms with Gasteiger partial charge in [0.2, 0.25) is 5.91 Å². The number of pyridine rings is 1. The molecule has 0 aromatic carbocycles. The largest absolute Gasteiger partial charge is 0.343 e. The maximum Gasteiger partial charge on any atom is 0.222 e. The van der Waals surface area contributed by atoms with E-state index in [0.29, 0.717) is 30.1 Å². The third-order valence-electron chi connectivity index (χ3n) is 6.38. The number of nitrogens with one attached hydrogen (secondary N) is 1. The molecule has 2 aliphatic rings. The molecule has 1 N–H and O–H groups in total. The summed E-state index contributed by atoms with van der Waals surface area (Å²) in [4.78, 5) is 30.6. The Kier molecular flexibility index (Phi) is 6.89. The van der Waals surface area contributed by atoms with Crippen LogP contribution in [0.15, 0.2) is 36.8 Å². The average molecular weight is 409 g/mol. The van der Waals surface area contributed by atoms with Crippen LogP contribution < -0.4 is 5.32 Å². The lowest BCUT2D eigenvalue weighted by molar-refractivity contribution is -0.132. The van der Waals surface area contributed by atoms with Crippen molar-refractivity contribution >= 4 is 17.5 Å². The molecule has 2 aliphatic heterocycles. The molecule has 1 atom stereocenters. The van der Waals surface area contributed by atoms with Gasteiger partial charge in [0.25, 0.3) is 0 Å². The van der Waals surface area contributed by atoms with Gasteiger partial charge in [-0.25, -0.2) is 9.97 Å². The molecular formula is C23H32N6O. The molecule has 4 rings (SSSR count). The van der Waals surface area contributed by atoms with Crippen molar-refractivity contribution < 1.29 is 4.79 Å². The van der Waals surface area contributed by atoms with E-state index >= 15 is 0 Å². The molecule has 1 amide bonds. The van der Waals surface area contributed by atoms with E-state index in [1.807, 2.05) is 29.3 Å². The number of hydrogen-bond donors (Lipinski definition) is 1. The van der Waals surface area contributed by atoms with Gasteiger partial charge >= 0.3 is 0 Å². The van der Waals surface area contributed by atoms with Crippen molar-refractivity contribution in [3.63, 3.8) is 0 Å². The van der Waals surface area contributed by atoms with E-state index in [4.69, 9.17) is 4.98 Å². The molecule has 2 aromatic rings. The first kappa shape index (κ1) is 20.7. The highest BCUT2D eigenvalue weighted by Crippen LogP contribution is 2.28. The molecule has 0 aliphatic carbocycles. The number of nitrogens with zero attached hydrogens (tertiary/aromatic N) is 5. The summed E-state index contributed by atoms with van der Waals surface area (Å²) >= 11 is 0. The molecule has 0 bridgehead atoms. The Bertz CT molecular complexity index is 815. The van der Waals surface area contributed by atoms with Crippen LogP contribution in [0, 0.1) is 0 Å². The van der Waals surface area contributed by atoms with E-state index < -0.39 is 0 Å². The minimum Gasteiger partial charge on any atom is -0.343 e. The van der Waals surface area contributed by atoms with Crippen molar-refractivity contribution in [3.8, 4) is 0 Å². The van der Waals surface area contributed by atoms with E-state index in [2.05, 4.69) is 27.1 Å². The average Bonchev–Trinajstić information content (AvgIpc) is 3.33. The number of likely N-dealkylation sites (tertiary alicyclic amines) is 2. The van der Waals surface area contributed by atoms with Crippen LogP contribution in [0.1, 0.15) is 57.1 Å². The van der Waals surface area contributed by atoms with Crippen molar-refractivity contribution in [2.24, 2.45) is 0 Å². The second-order valence-electron chi connectivity index (χ2n) is 8.45. The van der Waals surface area contributed by atoms with Crippen molar-refractivity contribution in [2.45, 2.75) is 57.4 Å². The van der Waals surface area contributed by atoms with E-state index in [-0.39, 0.29) is 0 Å². The fourth-order valence-corrected chi connectivity index (χ4v) is 4.49. The number of hydrogen-bond acceptors (Lipinski definition) is 6. The van der Waals surface area contributed by atoms with Gasteiger partial charge in [-0.15, -0.1) is 0 Å². The molecule has 30 heavy (non-hydrogen) atoms. The first-order valence-electron chi connectivity index (χ1n) is 11.2. The van der Waals surface area contributed by atoms with Gasteiger partial charge in [-0.3, -0.25) is 9.78 Å². The highest BCUT2D eigenvalue weighted by atomic mass is 16.2. The predicted molar refractivity (Wildman–Crippen MR) is 118 cm³/mol. The maximum atomic E-state index is 12.7. The summed E-state index contributed by atoms with van der Waals surface area (Å²) in [6.07, 6.45) is 11.4. The second kappa shape index (κ2) is 9.98. The van der Waals surface area contributed by atoms with Crippen LogP contribution in [0.5, 0.6) is 0 Å². The van der Waals surface area contributed by atoms with Crippen LogP contribution in [0.25, 0.3) is 0 Å². The molecule has 7 nitrogen and oxygen atoms in total. The topological polar surface area (TPSA) is 74.2 Å². The lowest BCUT2D eigenvalue weighted by Crippen LogP contribution is -2.39. The van der Waals surface area contributed by atoms with E-state index in [1.54, 1.807) is 12.4 Å². The van der Waals surface area contributed by atoms with Crippen LogP contribution in [-0.4, -0.2) is 62.9 Å². The number of piperidine rings is 1. The first-order valence-corrected chi connectivity index (χ1v) is 11.2. The number of anilines is 2. The highest BCUT2D eigenvalue weighted by molar-refractivity contribution is 5.76. The summed E-state index contributed by atoms with van der Waals surface area (Å²) in [7, 11) is 0. The lowest BCUT2D eigenvalue weighted by atomic mass is 9.93. The molecule has 4 heterocycles. The van der Waals surface area contributed by atoms with Gasteiger partial charge in [-0.1, -0.05) is 6.07 Å². The summed E-state index contributed by atoms with van der Waals surface area (Å²) in [6.45, 7) is 6.25. The van der Waals surface area contributed by atoms with Gasteiger partial charge in [0, 0.05) is 43.9 Å². The fraction of sp³-hybridized carbons (Fsp3) is 0.565. The van der Waals surface area contributed by atoms with Crippen LogP contribution in [-0.2, 0) is 4.79 Å². The summed E-state index contributed by atoms with van der Waals surface area (Å²) in [5, 5.41) is 3.21. The number of amides is 1. The quantitative estimate of drug-likeness (QED) is 0.755. The predicted octanol–water partition coefficient (Wildman–Crippen LogP) is 3.59. The first-order chi connectivity index (χ1) is 14.7. The summed E-state index contributed by atoms with van der Waals surface area (Å²) < 4.78 is 0. The van der Waals surface area contributed by atoms with Crippen LogP contribution >= 0.6 is 0 Å². The zero-order chi connectivity index (χ0) is 20.8. The fourth-order valence-electron chi connectivity index (χ4n) is 4.49. The molecule has 0 radical (unpaired) electrons. The maximum absolute atomic E-state index is 12.7.